The van der Waals surface area contributed by atoms with Crippen LogP contribution in [0.4, 0.5) is 0 Å². The van der Waals surface area contributed by atoms with Crippen molar-refractivity contribution in [3.63, 3.8) is 0 Å². The summed E-state index contributed by atoms with van der Waals surface area (Å²) in [6.45, 7) is 4.45. The molecule has 6 heteroatoms. The second-order valence-corrected chi connectivity index (χ2v) is 8.25. The molecule has 0 bridgehead atoms. The predicted octanol–water partition coefficient (Wildman–Crippen LogP) is 5.76. The van der Waals surface area contributed by atoms with E-state index in [0.29, 0.717) is 33.9 Å². The zero-order valence-electron chi connectivity index (χ0n) is 17.7. The minimum Gasteiger partial charge on any atom is -0.489 e. The normalized spacial score (nSPS) is 15.0. The minimum absolute atomic E-state index is 0.0530. The van der Waals surface area contributed by atoms with Crippen LogP contribution >= 0.6 is 11.6 Å². The molecule has 0 saturated heterocycles. The van der Waals surface area contributed by atoms with Crippen LogP contribution in [0.1, 0.15) is 33.3 Å². The zero-order chi connectivity index (χ0) is 22.9. The fraction of sp³-hybridized carbons (Fsp3) is 0.111. The summed E-state index contributed by atoms with van der Waals surface area (Å²) in [5, 5.41) is 0.769. The Bertz CT molecular complexity index is 1430. The Morgan fingerprint density at radius 2 is 1.85 bits per heavy atom. The van der Waals surface area contributed by atoms with Gasteiger partial charge in [0.25, 0.3) is 5.91 Å². The summed E-state index contributed by atoms with van der Waals surface area (Å²) in [5.74, 6) is 0.348. The molecule has 1 aliphatic rings. The van der Waals surface area contributed by atoms with Gasteiger partial charge in [0.2, 0.25) is 5.76 Å². The lowest BCUT2D eigenvalue weighted by molar-refractivity contribution is 0.0748. The largest absolute Gasteiger partial charge is 0.489 e. The maximum atomic E-state index is 13.5. The van der Waals surface area contributed by atoms with Crippen molar-refractivity contribution in [1.29, 1.82) is 0 Å². The van der Waals surface area contributed by atoms with Gasteiger partial charge in [-0.25, -0.2) is 0 Å². The van der Waals surface area contributed by atoms with E-state index < -0.39 is 6.04 Å². The number of hydrogen-bond acceptors (Lipinski definition) is 4. The van der Waals surface area contributed by atoms with Gasteiger partial charge in [0.15, 0.2) is 5.43 Å². The van der Waals surface area contributed by atoms with Gasteiger partial charge in [-0.3, -0.25) is 9.59 Å². The number of carbonyl (C=O) groups excluding carboxylic acids is 1. The standard InChI is InChI=1S/C27H20ClNO4/c1-2-13-29-24(18-9-6-10-20(14-18)32-16-17-7-4-3-5-8-17)23-25(30)21-15-19(28)11-12-22(21)33-26(23)27(29)31/h2-12,14-15,24H,1,13,16H2. The van der Waals surface area contributed by atoms with Gasteiger partial charge in [-0.2, -0.15) is 0 Å². The maximum absolute atomic E-state index is 13.5. The van der Waals surface area contributed by atoms with Gasteiger partial charge in [-0.05, 0) is 41.5 Å². The zero-order valence-corrected chi connectivity index (χ0v) is 18.4. The molecule has 5 rings (SSSR count). The summed E-state index contributed by atoms with van der Waals surface area (Å²) in [4.78, 5) is 28.3. The summed E-state index contributed by atoms with van der Waals surface area (Å²) in [5.41, 5.74) is 2.16. The van der Waals surface area contributed by atoms with Crippen LogP contribution in [0.15, 0.2) is 94.7 Å². The van der Waals surface area contributed by atoms with Crippen LogP contribution in [0.5, 0.6) is 5.75 Å². The molecule has 5 nitrogen and oxygen atoms in total. The Balaban J connectivity index is 1.59. The molecule has 2 heterocycles. The number of benzene rings is 3. The van der Waals surface area contributed by atoms with Crippen molar-refractivity contribution < 1.29 is 13.9 Å². The first-order valence-electron chi connectivity index (χ1n) is 10.5. The third-order valence-electron chi connectivity index (χ3n) is 5.68. The van der Waals surface area contributed by atoms with E-state index in [-0.39, 0.29) is 23.6 Å². The molecule has 3 aromatic carbocycles. The molecule has 164 valence electrons. The quantitative estimate of drug-likeness (QED) is 0.345. The Hall–Kier alpha value is -3.83. The fourth-order valence-electron chi connectivity index (χ4n) is 4.18. The van der Waals surface area contributed by atoms with Crippen LogP contribution in [0.3, 0.4) is 0 Å². The molecular weight excluding hydrogens is 438 g/mol. The summed E-state index contributed by atoms with van der Waals surface area (Å²) in [6, 6.07) is 21.5. The summed E-state index contributed by atoms with van der Waals surface area (Å²) in [7, 11) is 0. The van der Waals surface area contributed by atoms with Crippen molar-refractivity contribution in [2.24, 2.45) is 0 Å². The second kappa shape index (κ2) is 8.60. The Labute approximate surface area is 195 Å². The van der Waals surface area contributed by atoms with E-state index in [1.165, 1.54) is 0 Å². The highest BCUT2D eigenvalue weighted by atomic mass is 35.5. The maximum Gasteiger partial charge on any atom is 0.291 e. The predicted molar refractivity (Wildman–Crippen MR) is 128 cm³/mol. The summed E-state index contributed by atoms with van der Waals surface area (Å²) < 4.78 is 11.9. The highest BCUT2D eigenvalue weighted by Gasteiger charge is 2.42. The first-order valence-corrected chi connectivity index (χ1v) is 10.9. The number of carbonyl (C=O) groups is 1. The molecule has 1 aliphatic heterocycles. The molecule has 4 aromatic rings. The van der Waals surface area contributed by atoms with Crippen molar-refractivity contribution >= 4 is 28.5 Å². The number of hydrogen-bond donors (Lipinski definition) is 0. The van der Waals surface area contributed by atoms with Gasteiger partial charge >= 0.3 is 0 Å². The molecule has 0 spiro atoms. The summed E-state index contributed by atoms with van der Waals surface area (Å²) in [6.07, 6.45) is 1.63. The molecular formula is C27H20ClNO4. The SMILES string of the molecule is C=CCN1C(=O)c2oc3ccc(Cl)cc3c(=O)c2C1c1cccc(OCc2ccccc2)c1. The number of fused-ring (bicyclic) bond motifs is 2. The van der Waals surface area contributed by atoms with E-state index in [1.807, 2.05) is 54.6 Å². The average molecular weight is 458 g/mol. The van der Waals surface area contributed by atoms with Gasteiger partial charge in [0.05, 0.1) is 17.0 Å². The Morgan fingerprint density at radius 1 is 1.03 bits per heavy atom. The lowest BCUT2D eigenvalue weighted by atomic mass is 9.98. The number of halogens is 1. The van der Waals surface area contributed by atoms with Gasteiger partial charge < -0.3 is 14.1 Å². The first kappa shape index (κ1) is 21.0. The highest BCUT2D eigenvalue weighted by Crippen LogP contribution is 2.39. The molecule has 0 fully saturated rings. The molecule has 0 radical (unpaired) electrons. The lowest BCUT2D eigenvalue weighted by Crippen LogP contribution is -2.29. The number of ether oxygens (including phenoxy) is 1. The van der Waals surface area contributed by atoms with Crippen LogP contribution < -0.4 is 10.2 Å². The molecule has 1 aromatic heterocycles. The Morgan fingerprint density at radius 3 is 2.64 bits per heavy atom. The molecule has 0 N–H and O–H groups in total. The van der Waals surface area contributed by atoms with E-state index in [9.17, 15) is 9.59 Å². The number of nitrogens with zero attached hydrogens (tertiary/aromatic N) is 1. The topological polar surface area (TPSA) is 59.8 Å². The minimum atomic E-state index is -0.620. The lowest BCUT2D eigenvalue weighted by Gasteiger charge is -2.24. The van der Waals surface area contributed by atoms with Crippen molar-refractivity contribution in [2.75, 3.05) is 6.54 Å². The molecule has 1 unspecified atom stereocenters. The third kappa shape index (κ3) is 3.81. The van der Waals surface area contributed by atoms with Crippen molar-refractivity contribution in [3.8, 4) is 5.75 Å². The highest BCUT2D eigenvalue weighted by molar-refractivity contribution is 6.31. The average Bonchev–Trinajstić information content (AvgIpc) is 3.11. The smallest absolute Gasteiger partial charge is 0.291 e. The van der Waals surface area contributed by atoms with Crippen LogP contribution in [0.25, 0.3) is 11.0 Å². The van der Waals surface area contributed by atoms with Crippen molar-refractivity contribution in [2.45, 2.75) is 12.6 Å². The van der Waals surface area contributed by atoms with Gasteiger partial charge in [0.1, 0.15) is 17.9 Å². The van der Waals surface area contributed by atoms with E-state index in [4.69, 9.17) is 20.8 Å². The molecule has 33 heavy (non-hydrogen) atoms. The first-order chi connectivity index (χ1) is 16.1. The molecule has 0 saturated carbocycles. The van der Waals surface area contributed by atoms with Gasteiger partial charge in [0, 0.05) is 11.6 Å². The van der Waals surface area contributed by atoms with Crippen LogP contribution in [0, 0.1) is 0 Å². The fourth-order valence-corrected chi connectivity index (χ4v) is 4.35. The van der Waals surface area contributed by atoms with E-state index in [0.717, 1.165) is 11.1 Å². The van der Waals surface area contributed by atoms with Crippen LogP contribution in [-0.4, -0.2) is 17.4 Å². The van der Waals surface area contributed by atoms with Crippen LogP contribution in [-0.2, 0) is 6.61 Å². The van der Waals surface area contributed by atoms with E-state index in [1.54, 1.807) is 29.2 Å². The van der Waals surface area contributed by atoms with Crippen molar-refractivity contribution in [3.05, 3.63) is 123 Å². The third-order valence-corrected chi connectivity index (χ3v) is 5.91. The van der Waals surface area contributed by atoms with E-state index in [2.05, 4.69) is 6.58 Å². The van der Waals surface area contributed by atoms with Crippen LogP contribution in [0.2, 0.25) is 5.02 Å². The van der Waals surface area contributed by atoms with Gasteiger partial charge in [-0.1, -0.05) is 60.1 Å². The van der Waals surface area contributed by atoms with E-state index >= 15 is 0 Å². The number of amides is 1. The van der Waals surface area contributed by atoms with Crippen molar-refractivity contribution in [1.82, 2.24) is 4.90 Å². The monoisotopic (exact) mass is 457 g/mol. The molecule has 1 amide bonds. The molecule has 1 atom stereocenters. The summed E-state index contributed by atoms with van der Waals surface area (Å²) >= 11 is 6.12. The molecule has 0 aliphatic carbocycles. The Kier molecular flexibility index (Phi) is 5.48. The number of rotatable bonds is 6. The second-order valence-electron chi connectivity index (χ2n) is 7.81. The van der Waals surface area contributed by atoms with Gasteiger partial charge in [-0.15, -0.1) is 6.58 Å².